The van der Waals surface area contributed by atoms with Gasteiger partial charge in [0.05, 0.1) is 12.3 Å². The summed E-state index contributed by atoms with van der Waals surface area (Å²) < 4.78 is 22.4. The van der Waals surface area contributed by atoms with Crippen molar-refractivity contribution in [2.24, 2.45) is 4.99 Å². The van der Waals surface area contributed by atoms with Gasteiger partial charge < -0.3 is 10.6 Å². The largest absolute Gasteiger partial charge is 0.357 e. The van der Waals surface area contributed by atoms with E-state index in [9.17, 15) is 8.42 Å². The van der Waals surface area contributed by atoms with E-state index in [1.54, 1.807) is 0 Å². The molecule has 154 valence electrons. The van der Waals surface area contributed by atoms with Gasteiger partial charge in [0.2, 0.25) is 0 Å². The average Bonchev–Trinajstić information content (AvgIpc) is 2.61. The van der Waals surface area contributed by atoms with Crippen molar-refractivity contribution in [1.82, 2.24) is 15.5 Å². The first-order valence-corrected chi connectivity index (χ1v) is 11.5. The molecule has 1 heterocycles. The number of likely N-dealkylation sites (tertiary alicyclic amines) is 1. The summed E-state index contributed by atoms with van der Waals surface area (Å²) in [6.45, 7) is 7.09. The smallest absolute Gasteiger partial charge is 0.191 e. The molecule has 0 radical (unpaired) electrons. The van der Waals surface area contributed by atoms with Crippen LogP contribution in [-0.2, 0) is 22.9 Å². The lowest BCUT2D eigenvalue weighted by Crippen LogP contribution is -2.39. The van der Waals surface area contributed by atoms with Crippen molar-refractivity contribution >= 4 is 39.8 Å². The Balaban J connectivity index is 0.00000364. The van der Waals surface area contributed by atoms with Gasteiger partial charge in [0.15, 0.2) is 5.96 Å². The Morgan fingerprint density at radius 2 is 1.70 bits per heavy atom. The molecule has 1 aliphatic heterocycles. The molecule has 0 saturated carbocycles. The minimum atomic E-state index is -2.97. The van der Waals surface area contributed by atoms with E-state index in [1.165, 1.54) is 44.2 Å². The Kier molecular flexibility index (Phi) is 11.2. The van der Waals surface area contributed by atoms with Crippen LogP contribution >= 0.6 is 24.0 Å². The van der Waals surface area contributed by atoms with Crippen molar-refractivity contribution in [3.8, 4) is 0 Å². The van der Waals surface area contributed by atoms with Gasteiger partial charge in [0.1, 0.15) is 9.84 Å². The molecule has 0 aromatic heterocycles. The minimum absolute atomic E-state index is 0. The molecule has 2 rings (SSSR count). The molecule has 6 nitrogen and oxygen atoms in total. The predicted octanol–water partition coefficient (Wildman–Crippen LogP) is 2.39. The van der Waals surface area contributed by atoms with Crippen molar-refractivity contribution in [2.45, 2.75) is 39.3 Å². The van der Waals surface area contributed by atoms with Crippen LogP contribution in [0.3, 0.4) is 0 Å². The van der Waals surface area contributed by atoms with Crippen molar-refractivity contribution in [3.63, 3.8) is 0 Å². The summed E-state index contributed by atoms with van der Waals surface area (Å²) in [5.41, 5.74) is 2.49. The van der Waals surface area contributed by atoms with E-state index < -0.39 is 9.84 Å². The lowest BCUT2D eigenvalue weighted by molar-refractivity contribution is 0.221. The maximum absolute atomic E-state index is 11.2. The van der Waals surface area contributed by atoms with Gasteiger partial charge in [0.25, 0.3) is 0 Å². The minimum Gasteiger partial charge on any atom is -0.357 e. The van der Waals surface area contributed by atoms with Crippen LogP contribution in [0.4, 0.5) is 0 Å². The highest BCUT2D eigenvalue weighted by Crippen LogP contribution is 2.13. The Bertz CT molecular complexity index is 671. The fourth-order valence-corrected chi connectivity index (χ4v) is 3.47. The van der Waals surface area contributed by atoms with E-state index in [2.05, 4.69) is 44.8 Å². The van der Waals surface area contributed by atoms with Gasteiger partial charge >= 0.3 is 0 Å². The number of benzene rings is 1. The molecule has 8 heteroatoms. The number of rotatable bonds is 8. The van der Waals surface area contributed by atoms with Crippen molar-refractivity contribution in [3.05, 3.63) is 35.4 Å². The molecule has 1 fully saturated rings. The van der Waals surface area contributed by atoms with Crippen LogP contribution in [-0.4, -0.2) is 57.5 Å². The lowest BCUT2D eigenvalue weighted by Gasteiger charge is -2.26. The second-order valence-corrected chi connectivity index (χ2v) is 9.16. The van der Waals surface area contributed by atoms with Crippen molar-refractivity contribution in [2.75, 3.05) is 38.2 Å². The van der Waals surface area contributed by atoms with Gasteiger partial charge in [-0.2, -0.15) is 0 Å². The predicted molar refractivity (Wildman–Crippen MR) is 124 cm³/mol. The van der Waals surface area contributed by atoms with Crippen LogP contribution in [0.5, 0.6) is 0 Å². The van der Waals surface area contributed by atoms with Gasteiger partial charge in [0, 0.05) is 25.9 Å². The van der Waals surface area contributed by atoms with Crippen molar-refractivity contribution in [1.29, 1.82) is 0 Å². The van der Waals surface area contributed by atoms with E-state index in [-0.39, 0.29) is 29.7 Å². The molecule has 0 atom stereocenters. The summed E-state index contributed by atoms with van der Waals surface area (Å²) in [5, 5.41) is 6.21. The summed E-state index contributed by atoms with van der Waals surface area (Å²) >= 11 is 0. The summed E-state index contributed by atoms with van der Waals surface area (Å²) in [4.78, 5) is 7.06. The third-order valence-electron chi connectivity index (χ3n) is 4.41. The zero-order valence-corrected chi connectivity index (χ0v) is 19.6. The first kappa shape index (κ1) is 24.2. The Hall–Kier alpha value is -0.870. The first-order chi connectivity index (χ1) is 12.5. The third-order valence-corrected chi connectivity index (χ3v) is 5.35. The van der Waals surface area contributed by atoms with Crippen LogP contribution in [0.25, 0.3) is 0 Å². The SMILES string of the molecule is CCNC(=NCc1ccc(CN2CCCCC2)cc1)NCCS(C)(=O)=O.I. The highest BCUT2D eigenvalue weighted by atomic mass is 127. The average molecular weight is 508 g/mol. The zero-order chi connectivity index (χ0) is 18.8. The molecule has 1 aromatic rings. The van der Waals surface area contributed by atoms with Gasteiger partial charge in [-0.3, -0.25) is 4.90 Å². The topological polar surface area (TPSA) is 73.8 Å². The number of piperidine rings is 1. The summed E-state index contributed by atoms with van der Waals surface area (Å²) in [6.07, 6.45) is 5.22. The van der Waals surface area contributed by atoms with E-state index >= 15 is 0 Å². The molecule has 0 unspecified atom stereocenters. The van der Waals surface area contributed by atoms with Crippen molar-refractivity contribution < 1.29 is 8.42 Å². The molecular weight excluding hydrogens is 475 g/mol. The van der Waals surface area contributed by atoms with E-state index in [1.807, 2.05) is 6.92 Å². The Morgan fingerprint density at radius 3 is 2.30 bits per heavy atom. The second kappa shape index (κ2) is 12.6. The number of halogens is 1. The number of nitrogens with zero attached hydrogens (tertiary/aromatic N) is 2. The lowest BCUT2D eigenvalue weighted by atomic mass is 10.1. The first-order valence-electron chi connectivity index (χ1n) is 9.46. The molecule has 1 saturated heterocycles. The number of hydrogen-bond acceptors (Lipinski definition) is 4. The molecule has 2 N–H and O–H groups in total. The third kappa shape index (κ3) is 10.3. The molecular formula is C19H33IN4O2S. The van der Waals surface area contributed by atoms with Gasteiger partial charge in [-0.15, -0.1) is 24.0 Å². The maximum Gasteiger partial charge on any atom is 0.191 e. The number of nitrogens with one attached hydrogen (secondary N) is 2. The highest BCUT2D eigenvalue weighted by Gasteiger charge is 2.10. The van der Waals surface area contributed by atoms with E-state index in [0.29, 0.717) is 19.0 Å². The monoisotopic (exact) mass is 508 g/mol. The number of guanidine groups is 1. The fourth-order valence-electron chi connectivity index (χ4n) is 2.99. The molecule has 27 heavy (non-hydrogen) atoms. The highest BCUT2D eigenvalue weighted by molar-refractivity contribution is 14.0. The molecule has 0 amide bonds. The molecule has 0 bridgehead atoms. The molecule has 1 aromatic carbocycles. The molecule has 1 aliphatic rings. The fraction of sp³-hybridized carbons (Fsp3) is 0.632. The Labute approximate surface area is 181 Å². The summed E-state index contributed by atoms with van der Waals surface area (Å²) in [6, 6.07) is 8.62. The zero-order valence-electron chi connectivity index (χ0n) is 16.4. The normalized spacial score (nSPS) is 15.9. The van der Waals surface area contributed by atoms with Crippen LogP contribution in [0.2, 0.25) is 0 Å². The summed E-state index contributed by atoms with van der Waals surface area (Å²) in [7, 11) is -2.97. The van der Waals surface area contributed by atoms with E-state index in [0.717, 1.165) is 18.7 Å². The van der Waals surface area contributed by atoms with Crippen LogP contribution in [0.15, 0.2) is 29.3 Å². The van der Waals surface area contributed by atoms with E-state index in [4.69, 9.17) is 0 Å². The van der Waals surface area contributed by atoms with Crippen LogP contribution in [0, 0.1) is 0 Å². The van der Waals surface area contributed by atoms with Crippen LogP contribution in [0.1, 0.15) is 37.3 Å². The maximum atomic E-state index is 11.2. The quantitative estimate of drug-likeness (QED) is 0.321. The number of aliphatic imine (C=N–C) groups is 1. The Morgan fingerprint density at radius 1 is 1.07 bits per heavy atom. The molecule has 0 aliphatic carbocycles. The second-order valence-electron chi connectivity index (χ2n) is 6.91. The van der Waals surface area contributed by atoms with Gasteiger partial charge in [-0.25, -0.2) is 13.4 Å². The summed E-state index contributed by atoms with van der Waals surface area (Å²) in [5.74, 6) is 0.747. The number of sulfone groups is 1. The standard InChI is InChI=1S/C19H32N4O2S.HI/c1-3-20-19(21-11-14-26(2,24)25)22-15-17-7-9-18(10-8-17)16-23-12-5-4-6-13-23;/h7-10H,3-6,11-16H2,1-2H3,(H2,20,21,22);1H. The molecule has 0 spiro atoms. The van der Waals surface area contributed by atoms with Gasteiger partial charge in [-0.05, 0) is 44.0 Å². The van der Waals surface area contributed by atoms with Crippen LogP contribution < -0.4 is 10.6 Å². The number of hydrogen-bond donors (Lipinski definition) is 2. The van der Waals surface area contributed by atoms with Gasteiger partial charge in [-0.1, -0.05) is 30.7 Å².